The van der Waals surface area contributed by atoms with E-state index < -0.39 is 5.97 Å². The first kappa shape index (κ1) is 8.31. The Morgan fingerprint density at radius 1 is 1.23 bits per heavy atom. The molecule has 0 unspecified atom stereocenters. The largest absolute Gasteiger partial charge is 0.425 e. The number of para-hydroxylation sites is 1. The highest BCUT2D eigenvalue weighted by Gasteiger charge is 2.20. The van der Waals surface area contributed by atoms with E-state index in [9.17, 15) is 9.59 Å². The van der Waals surface area contributed by atoms with Crippen LogP contribution in [0.5, 0.6) is 5.75 Å². The van der Waals surface area contributed by atoms with E-state index in [1.807, 2.05) is 0 Å². The molecule has 0 aliphatic carbocycles. The summed E-state index contributed by atoms with van der Waals surface area (Å²) in [6.07, 6.45) is -0.153. The standard InChI is InChI=1S/C9H6O3S/c10-8-5-9(11)13-7-4-2-1-3-6(7)12-8/h1-4H,5H2. The molecule has 0 atom stereocenters. The molecular weight excluding hydrogens is 188 g/mol. The first-order chi connectivity index (χ1) is 6.25. The monoisotopic (exact) mass is 194 g/mol. The van der Waals surface area contributed by atoms with Crippen LogP contribution in [0.25, 0.3) is 0 Å². The van der Waals surface area contributed by atoms with Crippen LogP contribution in [-0.4, -0.2) is 11.1 Å². The zero-order chi connectivity index (χ0) is 9.26. The van der Waals surface area contributed by atoms with E-state index in [-0.39, 0.29) is 11.5 Å². The summed E-state index contributed by atoms with van der Waals surface area (Å²) in [7, 11) is 0. The molecule has 1 heterocycles. The maximum atomic E-state index is 11.1. The Bertz CT molecular complexity index is 338. The Kier molecular flexibility index (Phi) is 2.06. The quantitative estimate of drug-likeness (QED) is 0.357. The summed E-state index contributed by atoms with van der Waals surface area (Å²) in [6, 6.07) is 7.01. The summed E-state index contributed by atoms with van der Waals surface area (Å²) < 4.78 is 4.95. The molecule has 1 aromatic rings. The van der Waals surface area contributed by atoms with Crippen LogP contribution in [0.3, 0.4) is 0 Å². The fourth-order valence-electron chi connectivity index (χ4n) is 1.05. The van der Waals surface area contributed by atoms with Gasteiger partial charge in [0.1, 0.15) is 12.2 Å². The van der Waals surface area contributed by atoms with Crippen LogP contribution >= 0.6 is 11.8 Å². The van der Waals surface area contributed by atoms with Crippen molar-refractivity contribution in [2.75, 3.05) is 0 Å². The topological polar surface area (TPSA) is 43.4 Å². The summed E-state index contributed by atoms with van der Waals surface area (Å²) in [5, 5.41) is -0.171. The number of rotatable bonds is 0. The number of ether oxygens (including phenoxy) is 1. The molecule has 0 saturated carbocycles. The third-order valence-corrected chi connectivity index (χ3v) is 2.51. The fourth-order valence-corrected chi connectivity index (χ4v) is 1.85. The molecule has 0 bridgehead atoms. The second-order valence-corrected chi connectivity index (χ2v) is 3.67. The first-order valence-electron chi connectivity index (χ1n) is 3.76. The van der Waals surface area contributed by atoms with Crippen LogP contribution in [0.15, 0.2) is 29.2 Å². The minimum absolute atomic E-state index is 0.153. The number of thioether (sulfide) groups is 1. The number of carbonyl (C=O) groups is 2. The molecule has 2 rings (SSSR count). The maximum absolute atomic E-state index is 11.1. The molecule has 1 aliphatic rings. The van der Waals surface area contributed by atoms with E-state index in [0.29, 0.717) is 10.6 Å². The van der Waals surface area contributed by atoms with Gasteiger partial charge in [-0.2, -0.15) is 0 Å². The van der Waals surface area contributed by atoms with Crippen molar-refractivity contribution in [1.82, 2.24) is 0 Å². The molecule has 0 amide bonds. The van der Waals surface area contributed by atoms with E-state index in [1.54, 1.807) is 24.3 Å². The van der Waals surface area contributed by atoms with E-state index in [1.165, 1.54) is 0 Å². The lowest BCUT2D eigenvalue weighted by molar-refractivity contribution is -0.136. The summed E-state index contributed by atoms with van der Waals surface area (Å²) >= 11 is 1.05. The van der Waals surface area contributed by atoms with E-state index in [4.69, 9.17) is 4.74 Å². The van der Waals surface area contributed by atoms with Crippen molar-refractivity contribution >= 4 is 22.8 Å². The highest BCUT2D eigenvalue weighted by Crippen LogP contribution is 2.32. The van der Waals surface area contributed by atoms with Crippen molar-refractivity contribution < 1.29 is 14.3 Å². The number of esters is 1. The maximum Gasteiger partial charge on any atom is 0.319 e. The van der Waals surface area contributed by atoms with Gasteiger partial charge in [0.25, 0.3) is 0 Å². The van der Waals surface area contributed by atoms with Crippen molar-refractivity contribution in [2.24, 2.45) is 0 Å². The highest BCUT2D eigenvalue weighted by molar-refractivity contribution is 8.13. The molecule has 3 nitrogen and oxygen atoms in total. The molecule has 1 aliphatic heterocycles. The Hall–Kier alpha value is -1.29. The summed E-state index contributed by atoms with van der Waals surface area (Å²) in [6.45, 7) is 0. The second-order valence-electron chi connectivity index (χ2n) is 2.57. The first-order valence-corrected chi connectivity index (χ1v) is 4.58. The van der Waals surface area contributed by atoms with Crippen molar-refractivity contribution in [3.63, 3.8) is 0 Å². The molecule has 0 N–H and O–H groups in total. The van der Waals surface area contributed by atoms with Gasteiger partial charge in [-0.1, -0.05) is 12.1 Å². The van der Waals surface area contributed by atoms with Gasteiger partial charge in [0.2, 0.25) is 5.12 Å². The lowest BCUT2D eigenvalue weighted by Crippen LogP contribution is -2.08. The molecule has 1 aromatic carbocycles. The number of fused-ring (bicyclic) bond motifs is 1. The van der Waals surface area contributed by atoms with Gasteiger partial charge in [0, 0.05) is 0 Å². The van der Waals surface area contributed by atoms with Crippen LogP contribution in [-0.2, 0) is 9.59 Å². The fraction of sp³-hybridized carbons (Fsp3) is 0.111. The van der Waals surface area contributed by atoms with Crippen LogP contribution in [0.1, 0.15) is 6.42 Å². The van der Waals surface area contributed by atoms with Crippen molar-refractivity contribution in [3.05, 3.63) is 24.3 Å². The predicted molar refractivity (Wildman–Crippen MR) is 47.6 cm³/mol. The van der Waals surface area contributed by atoms with Gasteiger partial charge >= 0.3 is 5.97 Å². The third-order valence-electron chi connectivity index (χ3n) is 1.59. The smallest absolute Gasteiger partial charge is 0.319 e. The van der Waals surface area contributed by atoms with Gasteiger partial charge in [-0.05, 0) is 23.9 Å². The van der Waals surface area contributed by atoms with Crippen LogP contribution < -0.4 is 4.74 Å². The Morgan fingerprint density at radius 3 is 2.85 bits per heavy atom. The zero-order valence-corrected chi connectivity index (χ0v) is 7.47. The molecule has 4 heteroatoms. The van der Waals surface area contributed by atoms with Crippen LogP contribution in [0.4, 0.5) is 0 Å². The number of hydrogen-bond acceptors (Lipinski definition) is 4. The van der Waals surface area contributed by atoms with Crippen LogP contribution in [0.2, 0.25) is 0 Å². The number of carbonyl (C=O) groups excluding carboxylic acids is 2. The SMILES string of the molecule is O=C1CC(=O)Sc2ccccc2O1. The lowest BCUT2D eigenvalue weighted by atomic mass is 10.3. The van der Waals surface area contributed by atoms with Gasteiger partial charge in [0.05, 0.1) is 4.90 Å². The predicted octanol–water partition coefficient (Wildman–Crippen LogP) is 1.61. The molecule has 0 radical (unpaired) electrons. The Labute approximate surface area is 79.1 Å². The highest BCUT2D eigenvalue weighted by atomic mass is 32.2. The Balaban J connectivity index is 2.43. The summed E-state index contributed by atoms with van der Waals surface area (Å²) in [5.74, 6) is -0.00852. The Morgan fingerprint density at radius 2 is 2.00 bits per heavy atom. The molecule has 0 fully saturated rings. The third kappa shape index (κ3) is 1.72. The van der Waals surface area contributed by atoms with Gasteiger partial charge in [0.15, 0.2) is 0 Å². The van der Waals surface area contributed by atoms with Gasteiger partial charge < -0.3 is 4.74 Å². The normalized spacial score (nSPS) is 16.0. The minimum Gasteiger partial charge on any atom is -0.425 e. The second kappa shape index (κ2) is 3.22. The van der Waals surface area contributed by atoms with Crippen molar-refractivity contribution in [3.8, 4) is 5.75 Å². The average molecular weight is 194 g/mol. The molecule has 0 aromatic heterocycles. The van der Waals surface area contributed by atoms with E-state index in [0.717, 1.165) is 11.8 Å². The van der Waals surface area contributed by atoms with Gasteiger partial charge in [-0.15, -0.1) is 0 Å². The number of benzene rings is 1. The lowest BCUT2D eigenvalue weighted by Gasteiger charge is -2.01. The minimum atomic E-state index is -0.484. The molecular formula is C9H6O3S. The van der Waals surface area contributed by atoms with Crippen LogP contribution in [0, 0.1) is 0 Å². The summed E-state index contributed by atoms with van der Waals surface area (Å²) in [4.78, 5) is 22.8. The van der Waals surface area contributed by atoms with Gasteiger partial charge in [-0.3, -0.25) is 9.59 Å². The van der Waals surface area contributed by atoms with Gasteiger partial charge in [-0.25, -0.2) is 0 Å². The average Bonchev–Trinajstić information content (AvgIpc) is 2.20. The molecule has 13 heavy (non-hydrogen) atoms. The van der Waals surface area contributed by atoms with E-state index in [2.05, 4.69) is 0 Å². The molecule has 0 spiro atoms. The van der Waals surface area contributed by atoms with E-state index >= 15 is 0 Å². The summed E-state index contributed by atoms with van der Waals surface area (Å²) in [5.41, 5.74) is 0. The molecule has 0 saturated heterocycles. The van der Waals surface area contributed by atoms with Crippen molar-refractivity contribution in [1.29, 1.82) is 0 Å². The molecule has 66 valence electrons. The number of hydrogen-bond donors (Lipinski definition) is 0. The van der Waals surface area contributed by atoms with Crippen molar-refractivity contribution in [2.45, 2.75) is 11.3 Å². The zero-order valence-electron chi connectivity index (χ0n) is 6.65.